The van der Waals surface area contributed by atoms with E-state index in [9.17, 15) is 4.79 Å². The SMILES string of the molecule is CCn1cc(NC(=O)NCCN2CCCC[C@@H]2C)cn1. The van der Waals surface area contributed by atoms with Crippen LogP contribution in [0.5, 0.6) is 0 Å². The quantitative estimate of drug-likeness (QED) is 0.865. The van der Waals surface area contributed by atoms with Crippen molar-refractivity contribution in [1.29, 1.82) is 0 Å². The van der Waals surface area contributed by atoms with Crippen LogP contribution in [0, 0.1) is 0 Å². The van der Waals surface area contributed by atoms with Crippen LogP contribution in [0.15, 0.2) is 12.4 Å². The number of amides is 2. The molecule has 1 fully saturated rings. The number of nitrogens with zero attached hydrogens (tertiary/aromatic N) is 3. The number of carbonyl (C=O) groups excluding carboxylic acids is 1. The van der Waals surface area contributed by atoms with Gasteiger partial charge in [0.1, 0.15) is 0 Å². The summed E-state index contributed by atoms with van der Waals surface area (Å²) in [6.07, 6.45) is 7.35. The fourth-order valence-corrected chi connectivity index (χ4v) is 2.58. The molecular formula is C14H25N5O. The zero-order chi connectivity index (χ0) is 14.4. The highest BCUT2D eigenvalue weighted by Crippen LogP contribution is 2.15. The normalized spacial score (nSPS) is 19.8. The largest absolute Gasteiger partial charge is 0.337 e. The van der Waals surface area contributed by atoms with E-state index in [1.54, 1.807) is 10.9 Å². The molecule has 6 nitrogen and oxygen atoms in total. The molecule has 0 aliphatic carbocycles. The Balaban J connectivity index is 1.67. The average Bonchev–Trinajstić information content (AvgIpc) is 2.88. The lowest BCUT2D eigenvalue weighted by molar-refractivity contribution is 0.162. The minimum absolute atomic E-state index is 0.162. The van der Waals surface area contributed by atoms with Gasteiger partial charge in [0.05, 0.1) is 11.9 Å². The minimum Gasteiger partial charge on any atom is -0.337 e. The second-order valence-electron chi connectivity index (χ2n) is 5.35. The second-order valence-corrected chi connectivity index (χ2v) is 5.35. The van der Waals surface area contributed by atoms with Gasteiger partial charge in [0, 0.05) is 31.9 Å². The third kappa shape index (κ3) is 4.23. The molecule has 0 unspecified atom stereocenters. The van der Waals surface area contributed by atoms with Crippen LogP contribution in [-0.2, 0) is 6.54 Å². The van der Waals surface area contributed by atoms with E-state index < -0.39 is 0 Å². The molecule has 1 saturated heterocycles. The van der Waals surface area contributed by atoms with Gasteiger partial charge in [-0.25, -0.2) is 4.79 Å². The number of rotatable bonds is 5. The van der Waals surface area contributed by atoms with Gasteiger partial charge >= 0.3 is 6.03 Å². The smallest absolute Gasteiger partial charge is 0.319 e. The average molecular weight is 279 g/mol. The Morgan fingerprint density at radius 1 is 1.50 bits per heavy atom. The fourth-order valence-electron chi connectivity index (χ4n) is 2.58. The van der Waals surface area contributed by atoms with Crippen molar-refractivity contribution in [3.8, 4) is 0 Å². The fraction of sp³-hybridized carbons (Fsp3) is 0.714. The van der Waals surface area contributed by atoms with Gasteiger partial charge in [0.25, 0.3) is 0 Å². The summed E-state index contributed by atoms with van der Waals surface area (Å²) in [5.41, 5.74) is 0.732. The summed E-state index contributed by atoms with van der Waals surface area (Å²) in [6.45, 7) is 7.82. The third-order valence-electron chi connectivity index (χ3n) is 3.84. The van der Waals surface area contributed by atoms with Gasteiger partial charge in [0.2, 0.25) is 0 Å². The molecule has 0 aromatic carbocycles. The van der Waals surface area contributed by atoms with Crippen LogP contribution in [0.2, 0.25) is 0 Å². The van der Waals surface area contributed by atoms with Crippen molar-refractivity contribution in [2.75, 3.05) is 25.0 Å². The van der Waals surface area contributed by atoms with Crippen molar-refractivity contribution in [3.63, 3.8) is 0 Å². The first kappa shape index (κ1) is 14.8. The van der Waals surface area contributed by atoms with Crippen molar-refractivity contribution < 1.29 is 4.79 Å². The number of hydrogen-bond donors (Lipinski definition) is 2. The van der Waals surface area contributed by atoms with Crippen molar-refractivity contribution >= 4 is 11.7 Å². The Kier molecular flexibility index (Phi) is 5.40. The van der Waals surface area contributed by atoms with E-state index in [0.717, 1.165) is 25.3 Å². The van der Waals surface area contributed by atoms with Gasteiger partial charge in [-0.2, -0.15) is 5.10 Å². The van der Waals surface area contributed by atoms with Crippen molar-refractivity contribution in [2.45, 2.75) is 45.7 Å². The van der Waals surface area contributed by atoms with Crippen LogP contribution >= 0.6 is 0 Å². The van der Waals surface area contributed by atoms with Crippen LogP contribution in [0.25, 0.3) is 0 Å². The summed E-state index contributed by atoms with van der Waals surface area (Å²) >= 11 is 0. The molecule has 0 saturated carbocycles. The van der Waals surface area contributed by atoms with Crippen molar-refractivity contribution in [3.05, 3.63) is 12.4 Å². The third-order valence-corrected chi connectivity index (χ3v) is 3.84. The van der Waals surface area contributed by atoms with Crippen LogP contribution in [-0.4, -0.2) is 46.4 Å². The lowest BCUT2D eigenvalue weighted by Gasteiger charge is -2.33. The highest BCUT2D eigenvalue weighted by molar-refractivity contribution is 5.88. The summed E-state index contributed by atoms with van der Waals surface area (Å²) in [7, 11) is 0. The number of anilines is 1. The van der Waals surface area contributed by atoms with E-state index in [2.05, 4.69) is 27.6 Å². The highest BCUT2D eigenvalue weighted by atomic mass is 16.2. The predicted octanol–water partition coefficient (Wildman–Crippen LogP) is 1.90. The highest BCUT2D eigenvalue weighted by Gasteiger charge is 2.17. The molecule has 20 heavy (non-hydrogen) atoms. The molecule has 2 amide bonds. The van der Waals surface area contributed by atoms with Crippen LogP contribution in [0.3, 0.4) is 0 Å². The Bertz CT molecular complexity index is 431. The predicted molar refractivity (Wildman–Crippen MR) is 79.8 cm³/mol. The number of piperidine rings is 1. The monoisotopic (exact) mass is 279 g/mol. The molecule has 0 spiro atoms. The topological polar surface area (TPSA) is 62.2 Å². The maximum Gasteiger partial charge on any atom is 0.319 e. The molecule has 2 rings (SSSR count). The number of nitrogens with one attached hydrogen (secondary N) is 2. The molecule has 2 N–H and O–H groups in total. The van der Waals surface area contributed by atoms with E-state index in [1.165, 1.54) is 19.3 Å². The van der Waals surface area contributed by atoms with Crippen molar-refractivity contribution in [1.82, 2.24) is 20.0 Å². The number of aryl methyl sites for hydroxylation is 1. The second kappa shape index (κ2) is 7.28. The van der Waals surface area contributed by atoms with Crippen LogP contribution < -0.4 is 10.6 Å². The lowest BCUT2D eigenvalue weighted by Crippen LogP contribution is -2.43. The molecule has 0 radical (unpaired) electrons. The molecular weight excluding hydrogens is 254 g/mol. The maximum absolute atomic E-state index is 11.8. The molecule has 0 bridgehead atoms. The van der Waals surface area contributed by atoms with E-state index in [0.29, 0.717) is 12.6 Å². The Morgan fingerprint density at radius 2 is 2.35 bits per heavy atom. The number of urea groups is 1. The standard InChI is InChI=1S/C14H25N5O/c1-3-19-11-13(10-16-19)17-14(20)15-7-9-18-8-5-4-6-12(18)2/h10-12H,3-9H2,1-2H3,(H2,15,17,20)/t12-/m0/s1. The van der Waals surface area contributed by atoms with E-state index in [-0.39, 0.29) is 6.03 Å². The van der Waals surface area contributed by atoms with Crippen LogP contribution in [0.4, 0.5) is 10.5 Å². The molecule has 1 aromatic rings. The van der Waals surface area contributed by atoms with Gasteiger partial charge in [-0.15, -0.1) is 0 Å². The summed E-state index contributed by atoms with van der Waals surface area (Å²) in [6, 6.07) is 0.474. The van der Waals surface area contributed by atoms with Gasteiger partial charge < -0.3 is 10.6 Å². The van der Waals surface area contributed by atoms with E-state index in [1.807, 2.05) is 13.1 Å². The lowest BCUT2D eigenvalue weighted by atomic mass is 10.0. The van der Waals surface area contributed by atoms with Crippen LogP contribution in [0.1, 0.15) is 33.1 Å². The molecule has 1 atom stereocenters. The van der Waals surface area contributed by atoms with E-state index >= 15 is 0 Å². The number of hydrogen-bond acceptors (Lipinski definition) is 3. The zero-order valence-corrected chi connectivity index (χ0v) is 12.4. The number of likely N-dealkylation sites (tertiary alicyclic amines) is 1. The number of aromatic nitrogens is 2. The van der Waals surface area contributed by atoms with Crippen molar-refractivity contribution in [2.24, 2.45) is 0 Å². The van der Waals surface area contributed by atoms with Gasteiger partial charge in [-0.3, -0.25) is 9.58 Å². The Labute approximate surface area is 120 Å². The molecule has 112 valence electrons. The maximum atomic E-state index is 11.8. The minimum atomic E-state index is -0.162. The molecule has 1 aliphatic heterocycles. The first-order chi connectivity index (χ1) is 9.69. The first-order valence-corrected chi connectivity index (χ1v) is 7.50. The summed E-state index contributed by atoms with van der Waals surface area (Å²) < 4.78 is 1.78. The van der Waals surface area contributed by atoms with Gasteiger partial charge in [0.15, 0.2) is 0 Å². The number of carbonyl (C=O) groups is 1. The summed E-state index contributed by atoms with van der Waals surface area (Å²) in [4.78, 5) is 14.2. The summed E-state index contributed by atoms with van der Waals surface area (Å²) in [5, 5.41) is 9.81. The van der Waals surface area contributed by atoms with Gasteiger partial charge in [-0.1, -0.05) is 6.42 Å². The van der Waals surface area contributed by atoms with E-state index in [4.69, 9.17) is 0 Å². The zero-order valence-electron chi connectivity index (χ0n) is 12.4. The summed E-state index contributed by atoms with van der Waals surface area (Å²) in [5.74, 6) is 0. The molecule has 1 aromatic heterocycles. The first-order valence-electron chi connectivity index (χ1n) is 7.50. The Hall–Kier alpha value is -1.56. The van der Waals surface area contributed by atoms with Gasteiger partial charge in [-0.05, 0) is 33.2 Å². The Morgan fingerprint density at radius 3 is 3.05 bits per heavy atom. The molecule has 1 aliphatic rings. The molecule has 6 heteroatoms. The molecule has 2 heterocycles.